The Morgan fingerprint density at radius 3 is 2.80 bits per heavy atom. The second-order valence-corrected chi connectivity index (χ2v) is 3.62. The molecule has 1 aliphatic heterocycles. The summed E-state index contributed by atoms with van der Waals surface area (Å²) >= 11 is 0. The van der Waals surface area contributed by atoms with Gasteiger partial charge in [0.25, 0.3) is 0 Å². The maximum absolute atomic E-state index is 11.4. The van der Waals surface area contributed by atoms with Crippen molar-refractivity contribution in [3.05, 3.63) is 0 Å². The molecule has 15 heavy (non-hydrogen) atoms. The molecule has 1 amide bonds. The number of aliphatic carboxylic acids is 1. The van der Waals surface area contributed by atoms with Gasteiger partial charge >= 0.3 is 5.97 Å². The number of carboxylic acids is 1. The number of carboxylic acid groups (broad SMARTS) is 1. The second kappa shape index (κ2) is 5.67. The first kappa shape index (κ1) is 11.9. The number of aliphatic hydroxyl groups excluding tert-OH is 1. The summed E-state index contributed by atoms with van der Waals surface area (Å²) in [6.45, 7) is 1.71. The summed E-state index contributed by atoms with van der Waals surface area (Å²) < 4.78 is 0. The van der Waals surface area contributed by atoms with Crippen LogP contribution in [0.25, 0.3) is 0 Å². The summed E-state index contributed by atoms with van der Waals surface area (Å²) in [5.74, 6) is -1.35. The molecule has 0 radical (unpaired) electrons. The number of nitrogens with one attached hydrogen (secondary N) is 2. The minimum Gasteiger partial charge on any atom is -0.479 e. The second-order valence-electron chi connectivity index (χ2n) is 3.62. The van der Waals surface area contributed by atoms with Crippen molar-refractivity contribution in [2.45, 2.75) is 18.9 Å². The van der Waals surface area contributed by atoms with Crippen molar-refractivity contribution in [2.75, 3.05) is 19.6 Å². The summed E-state index contributed by atoms with van der Waals surface area (Å²) in [6, 6.07) is 0. The van der Waals surface area contributed by atoms with Crippen LogP contribution in [0.1, 0.15) is 12.8 Å². The lowest BCUT2D eigenvalue weighted by atomic mass is 10.1. The Hall–Kier alpha value is -1.14. The summed E-state index contributed by atoms with van der Waals surface area (Å²) in [6.07, 6.45) is -0.541. The molecule has 1 fully saturated rings. The molecule has 2 atom stereocenters. The van der Waals surface area contributed by atoms with E-state index in [1.165, 1.54) is 0 Å². The molecule has 0 aromatic heterocycles. The van der Waals surface area contributed by atoms with E-state index in [4.69, 9.17) is 10.2 Å². The quantitative estimate of drug-likeness (QED) is 0.450. The topological polar surface area (TPSA) is 98.7 Å². The Morgan fingerprint density at radius 2 is 2.27 bits per heavy atom. The van der Waals surface area contributed by atoms with Crippen LogP contribution in [0, 0.1) is 5.92 Å². The maximum atomic E-state index is 11.4. The van der Waals surface area contributed by atoms with E-state index in [1.807, 2.05) is 0 Å². The van der Waals surface area contributed by atoms with E-state index in [0.717, 1.165) is 13.0 Å². The molecule has 1 rings (SSSR count). The third kappa shape index (κ3) is 3.85. The van der Waals surface area contributed by atoms with Crippen LogP contribution in [0.3, 0.4) is 0 Å². The summed E-state index contributed by atoms with van der Waals surface area (Å²) in [5.41, 5.74) is 0. The highest BCUT2D eigenvalue weighted by atomic mass is 16.4. The van der Waals surface area contributed by atoms with Crippen molar-refractivity contribution in [2.24, 2.45) is 5.92 Å². The fourth-order valence-electron chi connectivity index (χ4n) is 1.48. The Labute approximate surface area is 87.7 Å². The number of carbonyl (C=O) groups excluding carboxylic acids is 1. The van der Waals surface area contributed by atoms with E-state index < -0.39 is 12.1 Å². The summed E-state index contributed by atoms with van der Waals surface area (Å²) in [5, 5.41) is 23.0. The summed E-state index contributed by atoms with van der Waals surface area (Å²) in [7, 11) is 0. The Bertz CT molecular complexity index is 238. The normalized spacial score (nSPS) is 22.3. The smallest absolute Gasteiger partial charge is 0.332 e. The lowest BCUT2D eigenvalue weighted by Crippen LogP contribution is -2.35. The summed E-state index contributed by atoms with van der Waals surface area (Å²) in [4.78, 5) is 21.7. The van der Waals surface area contributed by atoms with Crippen LogP contribution in [0.5, 0.6) is 0 Å². The standard InChI is InChI=1S/C9H16N2O4/c12-7(9(14)15)2-4-11-8(13)6-1-3-10-5-6/h6-7,10,12H,1-5H2,(H,11,13)(H,14,15). The van der Waals surface area contributed by atoms with Crippen LogP contribution in [-0.2, 0) is 9.59 Å². The molecule has 0 aliphatic carbocycles. The predicted molar refractivity (Wildman–Crippen MR) is 52.2 cm³/mol. The fraction of sp³-hybridized carbons (Fsp3) is 0.778. The molecule has 0 spiro atoms. The molecule has 6 heteroatoms. The van der Waals surface area contributed by atoms with Crippen molar-refractivity contribution in [1.29, 1.82) is 0 Å². The first-order chi connectivity index (χ1) is 7.11. The number of hydrogen-bond donors (Lipinski definition) is 4. The predicted octanol–water partition coefficient (Wildman–Crippen LogP) is -1.45. The third-order valence-corrected chi connectivity index (χ3v) is 2.43. The molecule has 4 N–H and O–H groups in total. The molecule has 1 aliphatic rings. The number of amides is 1. The van der Waals surface area contributed by atoms with Gasteiger partial charge in [0.1, 0.15) is 0 Å². The molecule has 1 heterocycles. The van der Waals surface area contributed by atoms with E-state index in [0.29, 0.717) is 6.54 Å². The van der Waals surface area contributed by atoms with Crippen molar-refractivity contribution in [1.82, 2.24) is 10.6 Å². The number of hydrogen-bond acceptors (Lipinski definition) is 4. The van der Waals surface area contributed by atoms with Crippen molar-refractivity contribution in [3.63, 3.8) is 0 Å². The largest absolute Gasteiger partial charge is 0.479 e. The number of carbonyl (C=O) groups is 2. The number of aliphatic hydroxyl groups is 1. The highest BCUT2D eigenvalue weighted by Gasteiger charge is 2.22. The van der Waals surface area contributed by atoms with Gasteiger partial charge in [0.05, 0.1) is 5.92 Å². The van der Waals surface area contributed by atoms with Crippen molar-refractivity contribution in [3.8, 4) is 0 Å². The molecule has 0 bridgehead atoms. The first-order valence-electron chi connectivity index (χ1n) is 5.00. The molecule has 1 saturated heterocycles. The Morgan fingerprint density at radius 1 is 1.53 bits per heavy atom. The lowest BCUT2D eigenvalue weighted by molar-refractivity contribution is -0.147. The maximum Gasteiger partial charge on any atom is 0.332 e. The van der Waals surface area contributed by atoms with E-state index in [2.05, 4.69) is 10.6 Å². The Kier molecular flexibility index (Phi) is 4.51. The average Bonchev–Trinajstić information content (AvgIpc) is 2.70. The van der Waals surface area contributed by atoms with Crippen molar-refractivity contribution >= 4 is 11.9 Å². The van der Waals surface area contributed by atoms with E-state index >= 15 is 0 Å². The molecule has 2 unspecified atom stereocenters. The highest BCUT2D eigenvalue weighted by Crippen LogP contribution is 2.06. The van der Waals surface area contributed by atoms with Gasteiger partial charge < -0.3 is 20.8 Å². The van der Waals surface area contributed by atoms with Gasteiger partial charge in [-0.3, -0.25) is 4.79 Å². The van der Waals surface area contributed by atoms with E-state index in [-0.39, 0.29) is 24.8 Å². The van der Waals surface area contributed by atoms with Crippen LogP contribution < -0.4 is 10.6 Å². The van der Waals surface area contributed by atoms with Crippen LogP contribution in [0.15, 0.2) is 0 Å². The van der Waals surface area contributed by atoms with E-state index in [1.54, 1.807) is 0 Å². The monoisotopic (exact) mass is 216 g/mol. The fourth-order valence-corrected chi connectivity index (χ4v) is 1.48. The molecule has 0 aromatic rings. The van der Waals surface area contributed by atoms with Gasteiger partial charge in [-0.05, 0) is 13.0 Å². The molecular formula is C9H16N2O4. The molecule has 0 aromatic carbocycles. The molecule has 6 nitrogen and oxygen atoms in total. The van der Waals surface area contributed by atoms with Gasteiger partial charge in [-0.1, -0.05) is 0 Å². The zero-order valence-corrected chi connectivity index (χ0v) is 8.40. The van der Waals surface area contributed by atoms with Crippen LogP contribution in [0.4, 0.5) is 0 Å². The van der Waals surface area contributed by atoms with Gasteiger partial charge in [-0.2, -0.15) is 0 Å². The highest BCUT2D eigenvalue weighted by molar-refractivity contribution is 5.79. The zero-order valence-electron chi connectivity index (χ0n) is 8.40. The van der Waals surface area contributed by atoms with Crippen LogP contribution in [-0.4, -0.2) is 47.8 Å². The van der Waals surface area contributed by atoms with E-state index in [9.17, 15) is 9.59 Å². The minimum atomic E-state index is -1.40. The molecule has 0 saturated carbocycles. The van der Waals surface area contributed by atoms with Gasteiger partial charge in [-0.15, -0.1) is 0 Å². The van der Waals surface area contributed by atoms with Crippen LogP contribution in [0.2, 0.25) is 0 Å². The third-order valence-electron chi connectivity index (χ3n) is 2.43. The van der Waals surface area contributed by atoms with Gasteiger partial charge in [0, 0.05) is 19.5 Å². The van der Waals surface area contributed by atoms with Crippen LogP contribution >= 0.6 is 0 Å². The lowest BCUT2D eigenvalue weighted by Gasteiger charge is -2.10. The zero-order chi connectivity index (χ0) is 11.3. The SMILES string of the molecule is O=C(O)C(O)CCNC(=O)C1CCNC1. The Balaban J connectivity index is 2.14. The average molecular weight is 216 g/mol. The minimum absolute atomic E-state index is 0.0213. The van der Waals surface area contributed by atoms with Crippen molar-refractivity contribution < 1.29 is 19.8 Å². The van der Waals surface area contributed by atoms with Gasteiger partial charge in [0.15, 0.2) is 6.10 Å². The van der Waals surface area contributed by atoms with Gasteiger partial charge in [-0.25, -0.2) is 4.79 Å². The molecule has 86 valence electrons. The first-order valence-corrected chi connectivity index (χ1v) is 5.00. The van der Waals surface area contributed by atoms with Gasteiger partial charge in [0.2, 0.25) is 5.91 Å². The molecular weight excluding hydrogens is 200 g/mol. The number of rotatable bonds is 5.